The molecule has 0 N–H and O–H groups in total. The van der Waals surface area contributed by atoms with Gasteiger partial charge < -0.3 is 8.82 Å². The molecule has 0 aliphatic rings. The lowest BCUT2D eigenvalue weighted by Gasteiger charge is -2.17. The molecule has 10 nitrogen and oxygen atoms in total. The molecule has 3 aromatic carbocycles. The van der Waals surface area contributed by atoms with Crippen LogP contribution in [0.2, 0.25) is 0 Å². The molecule has 9 heterocycles. The van der Waals surface area contributed by atoms with Gasteiger partial charge in [0.1, 0.15) is 11.2 Å². The summed E-state index contributed by atoms with van der Waals surface area (Å²) in [7, 11) is 0. The van der Waals surface area contributed by atoms with Crippen LogP contribution in [-0.4, -0.2) is 43.9 Å². The lowest BCUT2D eigenvalue weighted by atomic mass is 9.91. The predicted molar refractivity (Wildman–Crippen MR) is 360 cm³/mol. The van der Waals surface area contributed by atoms with Crippen molar-refractivity contribution in [3.05, 3.63) is 210 Å². The molecule has 0 aliphatic heterocycles. The fourth-order valence-corrected chi connectivity index (χ4v) is 8.89. The first-order chi connectivity index (χ1) is 39.4. The van der Waals surface area contributed by atoms with E-state index in [1.165, 1.54) is 15.1 Å². The van der Waals surface area contributed by atoms with Crippen molar-refractivity contribution in [2.24, 2.45) is 0 Å². The number of hydrogen-bond acceptors (Lipinski definition) is 9. The van der Waals surface area contributed by atoms with Crippen molar-refractivity contribution >= 4 is 65.8 Å². The van der Waals surface area contributed by atoms with Gasteiger partial charge in [-0.15, -0.1) is 11.3 Å². The molecule has 0 aliphatic carbocycles. The minimum atomic E-state index is 0.0665. The van der Waals surface area contributed by atoms with Crippen LogP contribution in [0, 0.1) is 0 Å². The smallest absolute Gasteiger partial charge is 0.152 e. The van der Waals surface area contributed by atoms with Gasteiger partial charge in [0, 0.05) is 80.1 Å². The summed E-state index contributed by atoms with van der Waals surface area (Å²) in [6.07, 6.45) is 9.63. The SMILES string of the molecule is CC.CC.CC(C)(C)c1cc2ccccn2n1.CC(C)(C)c1ccc2ccccc2n1.CC(C)(C)c1ccc2occc2n1.CC(C)(C)c1cn2ccccc2n1.CC(C)(C)c1cnc2ccccc2n1.CC(C)(C)c1nc2ccccc2s1. The van der Waals surface area contributed by atoms with Gasteiger partial charge in [-0.1, -0.05) is 213 Å². The Bertz CT molecular complexity index is 3520. The van der Waals surface area contributed by atoms with Gasteiger partial charge in [-0.2, -0.15) is 5.10 Å². The molecule has 0 saturated carbocycles. The number of aromatic nitrogens is 9. The summed E-state index contributed by atoms with van der Waals surface area (Å²) in [5.74, 6) is 0. The van der Waals surface area contributed by atoms with Crippen LogP contribution in [0.15, 0.2) is 181 Å². The molecular weight excluding hydrogens is 1050 g/mol. The highest BCUT2D eigenvalue weighted by Gasteiger charge is 2.21. The molecule has 0 atom stereocenters. The second-order valence-corrected chi connectivity index (χ2v) is 27.3. The number of furan rings is 1. The quantitative estimate of drug-likeness (QED) is 0.148. The standard InChI is InChI=1S/C13H15N.C12H14N2.2C11H14N2.C11H13NO.C11H13NS.2C2H6/c1-13(2,3)12-9-8-10-6-4-5-7-11(10)14-12;1-12(2,3)11-8-13-9-6-4-5-7-10(9)14-11;1-11(2,3)9-8-13-7-5-4-6-10(13)12-9;1-11(2,3)10-8-9-6-4-5-7-13(9)12-10;1-11(2,3)10-5-4-9-8(12-10)6-7-13-9;1-11(2,3)10-12-8-6-4-5-7-9(8)13-10;2*1-2/h4-9H,1-3H3;4-8H,1-3H3;2*4-8H,1-3H3;2*4-7H,1-3H3;2*1-2H3. The number of benzene rings is 3. The van der Waals surface area contributed by atoms with Crippen molar-refractivity contribution in [3.8, 4) is 0 Å². The van der Waals surface area contributed by atoms with E-state index in [2.05, 4.69) is 225 Å². The average molecular weight is 1150 g/mol. The zero-order valence-corrected chi connectivity index (χ0v) is 55.4. The van der Waals surface area contributed by atoms with Gasteiger partial charge in [-0.3, -0.25) is 9.97 Å². The highest BCUT2D eigenvalue weighted by atomic mass is 32.1. The Morgan fingerprint density at radius 1 is 0.393 bits per heavy atom. The van der Waals surface area contributed by atoms with E-state index in [4.69, 9.17) is 4.42 Å². The summed E-state index contributed by atoms with van der Waals surface area (Å²) in [5.41, 5.74) is 14.4. The second kappa shape index (κ2) is 28.8. The van der Waals surface area contributed by atoms with Gasteiger partial charge in [0.05, 0.1) is 60.6 Å². The summed E-state index contributed by atoms with van der Waals surface area (Å²) >= 11 is 1.79. The minimum absolute atomic E-state index is 0.0665. The van der Waals surface area contributed by atoms with E-state index in [1.54, 1.807) is 17.6 Å². The largest absolute Gasteiger partial charge is 0.463 e. The van der Waals surface area contributed by atoms with Crippen LogP contribution < -0.4 is 0 Å². The third kappa shape index (κ3) is 19.2. The molecular formula is C73H95N9OS. The molecule has 0 amide bonds. The van der Waals surface area contributed by atoms with E-state index >= 15 is 0 Å². The first kappa shape index (κ1) is 67.2. The van der Waals surface area contributed by atoms with Gasteiger partial charge in [-0.05, 0) is 78.9 Å². The fourth-order valence-electron chi connectivity index (χ4n) is 7.87. The molecule has 444 valence electrons. The third-order valence-corrected chi connectivity index (χ3v) is 14.3. The van der Waals surface area contributed by atoms with Crippen molar-refractivity contribution in [3.63, 3.8) is 0 Å². The van der Waals surface area contributed by atoms with Crippen LogP contribution in [0.4, 0.5) is 0 Å². The van der Waals surface area contributed by atoms with Crippen LogP contribution in [0.1, 0.15) is 186 Å². The van der Waals surface area contributed by atoms with Crippen molar-refractivity contribution in [2.45, 2.75) is 185 Å². The van der Waals surface area contributed by atoms with E-state index < -0.39 is 0 Å². The summed E-state index contributed by atoms with van der Waals surface area (Å²) in [4.78, 5) is 27.3. The van der Waals surface area contributed by atoms with E-state index in [9.17, 15) is 0 Å². The van der Waals surface area contributed by atoms with E-state index in [1.807, 2.05) is 142 Å². The molecule has 0 saturated heterocycles. The monoisotopic (exact) mass is 1150 g/mol. The third-order valence-electron chi connectivity index (χ3n) is 12.9. The van der Waals surface area contributed by atoms with Crippen LogP contribution in [0.25, 0.3) is 54.4 Å². The van der Waals surface area contributed by atoms with Crippen molar-refractivity contribution in [1.82, 2.24) is 43.9 Å². The fraction of sp³-hybridized carbons (Fsp3) is 0.384. The molecule has 84 heavy (non-hydrogen) atoms. The lowest BCUT2D eigenvalue weighted by Crippen LogP contribution is -2.13. The summed E-state index contributed by atoms with van der Waals surface area (Å²) in [6.45, 7) is 47.1. The molecule has 0 spiro atoms. The maximum atomic E-state index is 5.22. The van der Waals surface area contributed by atoms with Crippen LogP contribution >= 0.6 is 11.3 Å². The van der Waals surface area contributed by atoms with E-state index in [-0.39, 0.29) is 32.5 Å². The Hall–Kier alpha value is -7.63. The maximum Gasteiger partial charge on any atom is 0.152 e. The highest BCUT2D eigenvalue weighted by molar-refractivity contribution is 7.18. The van der Waals surface area contributed by atoms with Crippen LogP contribution in [0.3, 0.4) is 0 Å². The van der Waals surface area contributed by atoms with Crippen molar-refractivity contribution in [1.29, 1.82) is 0 Å². The van der Waals surface area contributed by atoms with Crippen molar-refractivity contribution in [2.75, 3.05) is 0 Å². The zero-order chi connectivity index (χ0) is 62.3. The van der Waals surface area contributed by atoms with Gasteiger partial charge in [0.15, 0.2) is 5.58 Å². The number of hydrogen-bond donors (Lipinski definition) is 0. The number of thiazole rings is 1. The van der Waals surface area contributed by atoms with Crippen molar-refractivity contribution < 1.29 is 4.42 Å². The minimum Gasteiger partial charge on any atom is -0.463 e. The summed E-state index contributed by atoms with van der Waals surface area (Å²) in [6, 6.07) is 48.9. The van der Waals surface area contributed by atoms with Crippen LogP contribution in [-0.2, 0) is 32.5 Å². The Labute approximate surface area is 506 Å². The number of nitrogens with zero attached hydrogens (tertiary/aromatic N) is 9. The van der Waals surface area contributed by atoms with E-state index in [0.29, 0.717) is 0 Å². The number of fused-ring (bicyclic) bond motifs is 6. The number of pyridine rings is 4. The number of imidazole rings is 1. The van der Waals surface area contributed by atoms with Gasteiger partial charge in [0.25, 0.3) is 0 Å². The second-order valence-electron chi connectivity index (χ2n) is 26.3. The molecule has 11 heteroatoms. The molecule has 0 fully saturated rings. The van der Waals surface area contributed by atoms with Gasteiger partial charge >= 0.3 is 0 Å². The molecule has 0 unspecified atom stereocenters. The Balaban J connectivity index is 0.000000182. The van der Waals surface area contributed by atoms with Gasteiger partial charge in [0.2, 0.25) is 0 Å². The first-order valence-corrected chi connectivity index (χ1v) is 30.4. The average Bonchev–Trinajstić information content (AvgIpc) is 3.58. The molecule has 12 rings (SSSR count). The highest BCUT2D eigenvalue weighted by Crippen LogP contribution is 2.31. The summed E-state index contributed by atoms with van der Waals surface area (Å²) in [5, 5.41) is 6.93. The molecule has 12 aromatic rings. The molecule has 9 aromatic heterocycles. The number of rotatable bonds is 0. The zero-order valence-electron chi connectivity index (χ0n) is 54.6. The van der Waals surface area contributed by atoms with Gasteiger partial charge in [-0.25, -0.2) is 24.5 Å². The molecule has 0 radical (unpaired) electrons. The predicted octanol–water partition coefficient (Wildman–Crippen LogP) is 20.5. The lowest BCUT2D eigenvalue weighted by molar-refractivity contribution is 0.562. The Kier molecular flexibility index (Phi) is 23.0. The Morgan fingerprint density at radius 2 is 0.905 bits per heavy atom. The Morgan fingerprint density at radius 3 is 1.49 bits per heavy atom. The maximum absolute atomic E-state index is 5.22. The van der Waals surface area contributed by atoms with Crippen LogP contribution in [0.5, 0.6) is 0 Å². The normalized spacial score (nSPS) is 11.7. The molecule has 0 bridgehead atoms. The first-order valence-electron chi connectivity index (χ1n) is 29.6. The number of para-hydroxylation sites is 4. The summed E-state index contributed by atoms with van der Waals surface area (Å²) < 4.78 is 10.5. The topological polar surface area (TPSA) is 112 Å². The van der Waals surface area contributed by atoms with E-state index in [0.717, 1.165) is 72.8 Å².